The van der Waals surface area contributed by atoms with Crippen molar-refractivity contribution in [2.45, 2.75) is 19.3 Å². The van der Waals surface area contributed by atoms with Gasteiger partial charge >= 0.3 is 10.3 Å². The van der Waals surface area contributed by atoms with Crippen LogP contribution in [-0.2, 0) is 10.3 Å². The van der Waals surface area contributed by atoms with Crippen LogP contribution in [0.3, 0.4) is 0 Å². The predicted molar refractivity (Wildman–Crippen MR) is 87.2 cm³/mol. The predicted octanol–water partition coefficient (Wildman–Crippen LogP) is 3.17. The zero-order chi connectivity index (χ0) is 16.3. The molecular weight excluding hydrogens is 314 g/mol. The van der Waals surface area contributed by atoms with E-state index in [9.17, 15) is 13.2 Å². The van der Waals surface area contributed by atoms with Gasteiger partial charge in [-0.25, -0.2) is 0 Å². The lowest BCUT2D eigenvalue weighted by Crippen LogP contribution is -2.18. The highest BCUT2D eigenvalue weighted by molar-refractivity contribution is 7.86. The van der Waals surface area contributed by atoms with E-state index in [1.165, 1.54) is 0 Å². The third-order valence-electron chi connectivity index (χ3n) is 3.53. The minimum absolute atomic E-state index is 0.0365. The quantitative estimate of drug-likeness (QED) is 0.790. The molecule has 0 fully saturated rings. The number of nitrogens with zero attached hydrogens (tertiary/aromatic N) is 1. The summed E-state index contributed by atoms with van der Waals surface area (Å²) in [6.45, 7) is 0. The van der Waals surface area contributed by atoms with E-state index < -0.39 is 10.3 Å². The molecule has 1 aliphatic heterocycles. The molecule has 6 heteroatoms. The molecule has 0 bridgehead atoms. The second-order valence-corrected chi connectivity index (χ2v) is 6.39. The van der Waals surface area contributed by atoms with Gasteiger partial charge in [0, 0.05) is 17.5 Å². The number of rotatable bonds is 5. The van der Waals surface area contributed by atoms with Gasteiger partial charge in [-0.05, 0) is 25.0 Å². The largest absolute Gasteiger partial charge is 0.428 e. The number of hydrogen-bond acceptors (Lipinski definition) is 4. The van der Waals surface area contributed by atoms with Crippen LogP contribution in [0, 0.1) is 0 Å². The first-order valence-corrected chi connectivity index (χ1v) is 8.62. The SMILES string of the molecule is O=C(CCCC1=NS(=O)(=O)Oc2ccccc21)c1ccccc1. The second-order valence-electron chi connectivity index (χ2n) is 5.19. The first-order chi connectivity index (χ1) is 11.1. The standard InChI is InChI=1S/C17H15NO4S/c19-16(13-7-2-1-3-8-13)11-6-10-15-14-9-4-5-12-17(14)22-23(20,21)18-15/h1-5,7-9,12H,6,10-11H2. The van der Waals surface area contributed by atoms with Gasteiger partial charge in [0.25, 0.3) is 0 Å². The van der Waals surface area contributed by atoms with Crippen molar-refractivity contribution >= 4 is 21.8 Å². The molecule has 0 spiro atoms. The Kier molecular flexibility index (Phi) is 4.25. The Bertz CT molecular complexity index is 857. The summed E-state index contributed by atoms with van der Waals surface area (Å²) >= 11 is 0. The van der Waals surface area contributed by atoms with Crippen LogP contribution in [-0.4, -0.2) is 19.9 Å². The molecule has 0 N–H and O–H groups in total. The molecule has 2 aromatic rings. The molecule has 23 heavy (non-hydrogen) atoms. The van der Waals surface area contributed by atoms with E-state index in [-0.39, 0.29) is 11.5 Å². The van der Waals surface area contributed by atoms with E-state index in [0.717, 1.165) is 0 Å². The fourth-order valence-corrected chi connectivity index (χ4v) is 3.33. The number of hydrogen-bond donors (Lipinski definition) is 0. The third-order valence-corrected chi connectivity index (χ3v) is 4.36. The van der Waals surface area contributed by atoms with Crippen molar-refractivity contribution in [1.82, 2.24) is 0 Å². The molecule has 2 aromatic carbocycles. The van der Waals surface area contributed by atoms with Gasteiger partial charge in [-0.2, -0.15) is 8.42 Å². The summed E-state index contributed by atoms with van der Waals surface area (Å²) in [5.74, 6) is 0.321. The Morgan fingerprint density at radius 1 is 1.00 bits per heavy atom. The number of ketones is 1. The Hall–Kier alpha value is -2.47. The number of para-hydroxylation sites is 1. The van der Waals surface area contributed by atoms with E-state index in [0.29, 0.717) is 36.1 Å². The van der Waals surface area contributed by atoms with Crippen LogP contribution in [0.2, 0.25) is 0 Å². The first kappa shape index (κ1) is 15.4. The zero-order valence-corrected chi connectivity index (χ0v) is 13.1. The van der Waals surface area contributed by atoms with Crippen LogP contribution in [0.5, 0.6) is 5.75 Å². The van der Waals surface area contributed by atoms with Crippen LogP contribution in [0.4, 0.5) is 0 Å². The molecule has 5 nitrogen and oxygen atoms in total. The van der Waals surface area contributed by atoms with Gasteiger partial charge in [0.15, 0.2) is 11.5 Å². The monoisotopic (exact) mass is 329 g/mol. The van der Waals surface area contributed by atoms with Gasteiger partial charge in [0.2, 0.25) is 0 Å². The molecule has 0 aromatic heterocycles. The Labute approximate surface area is 134 Å². The van der Waals surface area contributed by atoms with E-state index in [4.69, 9.17) is 4.18 Å². The normalized spacial score (nSPS) is 15.2. The molecular formula is C17H15NO4S. The number of Topliss-reactive ketones (excluding diaryl/α,β-unsaturated/α-hetero) is 1. The highest BCUT2D eigenvalue weighted by Gasteiger charge is 2.24. The molecule has 3 rings (SSSR count). The maximum absolute atomic E-state index is 12.1. The maximum atomic E-state index is 12.1. The molecule has 118 valence electrons. The topological polar surface area (TPSA) is 72.8 Å². The van der Waals surface area contributed by atoms with Crippen LogP contribution in [0.1, 0.15) is 35.2 Å². The number of fused-ring (bicyclic) bond motifs is 1. The van der Waals surface area contributed by atoms with Crippen molar-refractivity contribution < 1.29 is 17.4 Å². The highest BCUT2D eigenvalue weighted by Crippen LogP contribution is 2.27. The third kappa shape index (κ3) is 3.65. The number of carbonyl (C=O) groups excluding carboxylic acids is 1. The summed E-state index contributed by atoms with van der Waals surface area (Å²) in [6.07, 6.45) is 1.26. The van der Waals surface area contributed by atoms with Gasteiger partial charge in [0.05, 0.1) is 5.71 Å². The van der Waals surface area contributed by atoms with Crippen LogP contribution in [0.25, 0.3) is 0 Å². The van der Waals surface area contributed by atoms with Gasteiger partial charge < -0.3 is 4.18 Å². The van der Waals surface area contributed by atoms with Gasteiger partial charge in [0.1, 0.15) is 0 Å². The van der Waals surface area contributed by atoms with E-state index in [1.807, 2.05) is 18.2 Å². The van der Waals surface area contributed by atoms with Crippen LogP contribution < -0.4 is 4.18 Å². The van der Waals surface area contributed by atoms with Crippen LogP contribution in [0.15, 0.2) is 59.0 Å². The van der Waals surface area contributed by atoms with E-state index in [1.54, 1.807) is 36.4 Å². The lowest BCUT2D eigenvalue weighted by Gasteiger charge is -2.16. The number of carbonyl (C=O) groups is 1. The van der Waals surface area contributed by atoms with Crippen molar-refractivity contribution in [3.63, 3.8) is 0 Å². The summed E-state index contributed by atoms with van der Waals surface area (Å²) in [5.41, 5.74) is 1.76. The molecule has 0 aliphatic carbocycles. The fourth-order valence-electron chi connectivity index (χ4n) is 2.46. The summed E-state index contributed by atoms with van der Waals surface area (Å²) in [5, 5.41) is 0. The minimum atomic E-state index is -3.95. The van der Waals surface area contributed by atoms with Crippen molar-refractivity contribution in [1.29, 1.82) is 0 Å². The Morgan fingerprint density at radius 3 is 2.48 bits per heavy atom. The smallest absolute Gasteiger partial charge is 0.365 e. The lowest BCUT2D eigenvalue weighted by atomic mass is 10.0. The summed E-state index contributed by atoms with van der Waals surface area (Å²) in [6, 6.07) is 15.9. The van der Waals surface area contributed by atoms with Crippen molar-refractivity contribution in [3.05, 3.63) is 65.7 Å². The molecule has 0 atom stereocenters. The summed E-state index contributed by atoms with van der Waals surface area (Å²) in [7, 11) is -3.95. The second kappa shape index (κ2) is 6.34. The lowest BCUT2D eigenvalue weighted by molar-refractivity contribution is 0.0981. The van der Waals surface area contributed by atoms with E-state index >= 15 is 0 Å². The highest BCUT2D eigenvalue weighted by atomic mass is 32.2. The molecule has 0 saturated carbocycles. The maximum Gasteiger partial charge on any atom is 0.428 e. The fraction of sp³-hybridized carbons (Fsp3) is 0.176. The number of benzene rings is 2. The molecule has 1 aliphatic rings. The molecule has 0 amide bonds. The minimum Gasteiger partial charge on any atom is -0.365 e. The van der Waals surface area contributed by atoms with Gasteiger partial charge in [-0.1, -0.05) is 42.5 Å². The van der Waals surface area contributed by atoms with Crippen molar-refractivity contribution in [2.75, 3.05) is 0 Å². The molecule has 0 radical (unpaired) electrons. The van der Waals surface area contributed by atoms with Crippen molar-refractivity contribution in [3.8, 4) is 5.75 Å². The molecule has 1 heterocycles. The zero-order valence-electron chi connectivity index (χ0n) is 12.3. The van der Waals surface area contributed by atoms with E-state index in [2.05, 4.69) is 4.40 Å². The van der Waals surface area contributed by atoms with Gasteiger partial charge in [-0.15, -0.1) is 4.40 Å². The van der Waals surface area contributed by atoms with Crippen LogP contribution >= 0.6 is 0 Å². The summed E-state index contributed by atoms with van der Waals surface area (Å²) < 4.78 is 31.9. The Balaban J connectivity index is 1.70. The average Bonchev–Trinajstić information content (AvgIpc) is 2.54. The molecule has 0 saturated heterocycles. The van der Waals surface area contributed by atoms with Crippen molar-refractivity contribution in [2.24, 2.45) is 4.40 Å². The molecule has 0 unspecified atom stereocenters. The first-order valence-electron chi connectivity index (χ1n) is 7.26. The summed E-state index contributed by atoms with van der Waals surface area (Å²) in [4.78, 5) is 12.1. The van der Waals surface area contributed by atoms with Gasteiger partial charge in [-0.3, -0.25) is 4.79 Å². The average molecular weight is 329 g/mol. The Morgan fingerprint density at radius 2 is 1.70 bits per heavy atom.